The number of phenols is 1. The van der Waals surface area contributed by atoms with Gasteiger partial charge in [0, 0.05) is 12.5 Å². The normalized spacial score (nSPS) is 12.0. The highest BCUT2D eigenvalue weighted by atomic mass is 16.3. The van der Waals surface area contributed by atoms with E-state index in [4.69, 9.17) is 0 Å². The van der Waals surface area contributed by atoms with Crippen molar-refractivity contribution >= 4 is 23.0 Å². The lowest BCUT2D eigenvalue weighted by Crippen LogP contribution is -2.35. The predicted octanol–water partition coefficient (Wildman–Crippen LogP) is 6.54. The maximum Gasteiger partial charge on any atom is 0.255 e. The van der Waals surface area contributed by atoms with Crippen molar-refractivity contribution in [1.82, 2.24) is 5.32 Å². The van der Waals surface area contributed by atoms with Gasteiger partial charge < -0.3 is 15.2 Å². The molecule has 1 unspecified atom stereocenters. The van der Waals surface area contributed by atoms with Gasteiger partial charge in [0.2, 0.25) is 0 Å². The van der Waals surface area contributed by atoms with Gasteiger partial charge >= 0.3 is 0 Å². The van der Waals surface area contributed by atoms with Crippen LogP contribution in [-0.2, 0) is 4.79 Å². The summed E-state index contributed by atoms with van der Waals surface area (Å²) in [6, 6.07) is 10.7. The highest BCUT2D eigenvalue weighted by molar-refractivity contribution is 6.01. The molecule has 1 atom stereocenters. The minimum Gasteiger partial charge on any atom is -0.507 e. The van der Waals surface area contributed by atoms with Crippen LogP contribution >= 0.6 is 0 Å². The average molecular weight is 412 g/mol. The summed E-state index contributed by atoms with van der Waals surface area (Å²) in [6.07, 6.45) is 14.5. The second kappa shape index (κ2) is 13.8. The molecule has 0 fully saturated rings. The van der Waals surface area contributed by atoms with Gasteiger partial charge in [-0.05, 0) is 29.3 Å². The maximum atomic E-state index is 12.7. The Morgan fingerprint density at radius 3 is 2.10 bits per heavy atom. The first-order valence-electron chi connectivity index (χ1n) is 11.6. The van der Waals surface area contributed by atoms with E-state index in [0.29, 0.717) is 6.42 Å². The van der Waals surface area contributed by atoms with E-state index in [9.17, 15) is 14.7 Å². The van der Waals surface area contributed by atoms with Crippen LogP contribution in [-0.4, -0.2) is 23.3 Å². The maximum absolute atomic E-state index is 12.7. The summed E-state index contributed by atoms with van der Waals surface area (Å²) in [4.78, 5) is 23.7. The summed E-state index contributed by atoms with van der Waals surface area (Å²) in [5.74, 6) is -0.354. The van der Waals surface area contributed by atoms with Gasteiger partial charge in [0.25, 0.3) is 5.91 Å². The fourth-order valence-electron chi connectivity index (χ4n) is 3.92. The SMILES string of the molecule is CCCCCCCCCCCCC(CC=O)NC(=O)c1cc2ccccc2cc1O. The molecular weight excluding hydrogens is 374 g/mol. The van der Waals surface area contributed by atoms with Gasteiger partial charge in [0.1, 0.15) is 12.0 Å². The number of carbonyl (C=O) groups is 2. The Morgan fingerprint density at radius 1 is 0.933 bits per heavy atom. The summed E-state index contributed by atoms with van der Waals surface area (Å²) in [5, 5.41) is 15.0. The molecule has 164 valence electrons. The van der Waals surface area contributed by atoms with E-state index in [2.05, 4.69) is 12.2 Å². The van der Waals surface area contributed by atoms with Crippen LogP contribution in [0.2, 0.25) is 0 Å². The van der Waals surface area contributed by atoms with E-state index < -0.39 is 0 Å². The second-order valence-electron chi connectivity index (χ2n) is 8.26. The molecule has 1 amide bonds. The highest BCUT2D eigenvalue weighted by Gasteiger charge is 2.17. The number of hydrogen-bond donors (Lipinski definition) is 2. The first-order chi connectivity index (χ1) is 14.7. The van der Waals surface area contributed by atoms with E-state index in [0.717, 1.165) is 36.3 Å². The molecule has 0 aromatic heterocycles. The molecule has 0 aliphatic carbocycles. The number of nitrogens with one attached hydrogen (secondary N) is 1. The van der Waals surface area contributed by atoms with Gasteiger partial charge in [0.05, 0.1) is 5.56 Å². The fourth-order valence-corrected chi connectivity index (χ4v) is 3.92. The molecule has 2 aromatic rings. The van der Waals surface area contributed by atoms with Crippen molar-refractivity contribution in [2.75, 3.05) is 0 Å². The van der Waals surface area contributed by atoms with Crippen LogP contribution in [0, 0.1) is 0 Å². The molecule has 0 spiro atoms. The Kier molecular flexibility index (Phi) is 11.0. The molecule has 4 heteroatoms. The average Bonchev–Trinajstić information content (AvgIpc) is 2.74. The lowest BCUT2D eigenvalue weighted by atomic mass is 10.0. The summed E-state index contributed by atoms with van der Waals surface area (Å²) in [6.45, 7) is 2.24. The van der Waals surface area contributed by atoms with Crippen LogP contribution in [0.15, 0.2) is 36.4 Å². The number of fused-ring (bicyclic) bond motifs is 1. The lowest BCUT2D eigenvalue weighted by Gasteiger charge is -2.17. The number of benzene rings is 2. The van der Waals surface area contributed by atoms with E-state index in [1.165, 1.54) is 51.4 Å². The zero-order valence-electron chi connectivity index (χ0n) is 18.4. The smallest absolute Gasteiger partial charge is 0.255 e. The Balaban J connectivity index is 1.75. The van der Waals surface area contributed by atoms with Crippen LogP contribution in [0.4, 0.5) is 0 Å². The van der Waals surface area contributed by atoms with Gasteiger partial charge in [0.15, 0.2) is 0 Å². The van der Waals surface area contributed by atoms with Crippen molar-refractivity contribution in [3.8, 4) is 5.75 Å². The fraction of sp³-hybridized carbons (Fsp3) is 0.538. The molecule has 30 heavy (non-hydrogen) atoms. The Labute approximate surface area is 181 Å². The monoisotopic (exact) mass is 411 g/mol. The molecule has 0 aliphatic rings. The van der Waals surface area contributed by atoms with Gasteiger partial charge in [-0.3, -0.25) is 4.79 Å². The topological polar surface area (TPSA) is 66.4 Å². The number of carbonyl (C=O) groups excluding carboxylic acids is 2. The Bertz CT molecular complexity index is 787. The van der Waals surface area contributed by atoms with E-state index in [1.807, 2.05) is 24.3 Å². The van der Waals surface area contributed by atoms with Crippen molar-refractivity contribution in [3.63, 3.8) is 0 Å². The van der Waals surface area contributed by atoms with Crippen molar-refractivity contribution in [1.29, 1.82) is 0 Å². The van der Waals surface area contributed by atoms with E-state index in [-0.39, 0.29) is 23.3 Å². The highest BCUT2D eigenvalue weighted by Crippen LogP contribution is 2.25. The number of rotatable bonds is 15. The van der Waals surface area contributed by atoms with Crippen molar-refractivity contribution < 1.29 is 14.7 Å². The van der Waals surface area contributed by atoms with Crippen molar-refractivity contribution in [3.05, 3.63) is 42.0 Å². The van der Waals surface area contributed by atoms with Gasteiger partial charge in [-0.15, -0.1) is 0 Å². The van der Waals surface area contributed by atoms with Gasteiger partial charge in [-0.2, -0.15) is 0 Å². The molecule has 0 aliphatic heterocycles. The predicted molar refractivity (Wildman–Crippen MR) is 124 cm³/mol. The molecule has 2 N–H and O–H groups in total. The molecule has 0 saturated heterocycles. The molecular formula is C26H37NO3. The lowest BCUT2D eigenvalue weighted by molar-refractivity contribution is -0.108. The van der Waals surface area contributed by atoms with Crippen LogP contribution in [0.3, 0.4) is 0 Å². The van der Waals surface area contributed by atoms with Crippen LogP contribution < -0.4 is 5.32 Å². The number of aromatic hydroxyl groups is 1. The third kappa shape index (κ3) is 8.17. The minimum absolute atomic E-state index is 0.0324. The quantitative estimate of drug-likeness (QED) is 0.258. The number of amides is 1. The molecule has 4 nitrogen and oxygen atoms in total. The number of aldehydes is 1. The van der Waals surface area contributed by atoms with E-state index >= 15 is 0 Å². The zero-order chi connectivity index (χ0) is 21.6. The molecule has 0 radical (unpaired) electrons. The van der Waals surface area contributed by atoms with Crippen molar-refractivity contribution in [2.45, 2.75) is 90.0 Å². The van der Waals surface area contributed by atoms with Crippen LogP contribution in [0.5, 0.6) is 5.75 Å². The minimum atomic E-state index is -0.322. The first kappa shape index (κ1) is 23.9. The summed E-state index contributed by atoms with van der Waals surface area (Å²) >= 11 is 0. The molecule has 2 rings (SSSR count). The van der Waals surface area contributed by atoms with Gasteiger partial charge in [-0.1, -0.05) is 95.4 Å². The van der Waals surface area contributed by atoms with E-state index in [1.54, 1.807) is 12.1 Å². The number of phenolic OH excluding ortho intramolecular Hbond substituents is 1. The third-order valence-electron chi connectivity index (χ3n) is 5.73. The molecule has 2 aromatic carbocycles. The first-order valence-corrected chi connectivity index (χ1v) is 11.6. The number of unbranched alkanes of at least 4 members (excludes halogenated alkanes) is 9. The molecule has 0 heterocycles. The standard InChI is InChI=1S/C26H37NO3/c1-2-3-4-5-6-7-8-9-10-11-16-23(17-18-28)27-26(30)24-19-21-14-12-13-15-22(21)20-25(24)29/h12-15,18-20,23,29H,2-11,16-17H2,1H3,(H,27,30). The van der Waals surface area contributed by atoms with Crippen LogP contribution in [0.25, 0.3) is 10.8 Å². The summed E-state index contributed by atoms with van der Waals surface area (Å²) in [7, 11) is 0. The Hall–Kier alpha value is -2.36. The summed E-state index contributed by atoms with van der Waals surface area (Å²) < 4.78 is 0. The second-order valence-corrected chi connectivity index (χ2v) is 8.26. The Morgan fingerprint density at radius 2 is 1.50 bits per heavy atom. The van der Waals surface area contributed by atoms with Crippen LogP contribution in [0.1, 0.15) is 94.3 Å². The largest absolute Gasteiger partial charge is 0.507 e. The zero-order valence-corrected chi connectivity index (χ0v) is 18.4. The summed E-state index contributed by atoms with van der Waals surface area (Å²) in [5.41, 5.74) is 0.257. The number of hydrogen-bond acceptors (Lipinski definition) is 3. The molecule has 0 saturated carbocycles. The van der Waals surface area contributed by atoms with Gasteiger partial charge in [-0.25, -0.2) is 0 Å². The molecule has 0 bridgehead atoms. The van der Waals surface area contributed by atoms with Crippen molar-refractivity contribution in [2.24, 2.45) is 0 Å². The third-order valence-corrected chi connectivity index (χ3v) is 5.73.